The second kappa shape index (κ2) is 5.03. The summed E-state index contributed by atoms with van der Waals surface area (Å²) < 4.78 is 2.06. The first-order valence-corrected chi connectivity index (χ1v) is 7.03. The highest BCUT2D eigenvalue weighted by atomic mass is 32.1. The summed E-state index contributed by atoms with van der Waals surface area (Å²) in [7, 11) is 2.08. The minimum absolute atomic E-state index is 0.822. The summed E-state index contributed by atoms with van der Waals surface area (Å²) in [5.74, 6) is 0. The summed E-state index contributed by atoms with van der Waals surface area (Å²) in [5, 5.41) is 2.04. The summed E-state index contributed by atoms with van der Waals surface area (Å²) >= 11 is 1.65. The Bertz CT molecular complexity index is 657. The number of para-hydroxylation sites is 1. The van der Waals surface area contributed by atoms with E-state index in [1.165, 1.54) is 0 Å². The zero-order valence-electron chi connectivity index (χ0n) is 10.8. The van der Waals surface area contributed by atoms with Gasteiger partial charge in [0.15, 0.2) is 4.96 Å². The maximum Gasteiger partial charge on any atom is 0.193 e. The Morgan fingerprint density at radius 3 is 2.95 bits per heavy atom. The number of aromatic nitrogens is 2. The fraction of sp³-hybridized carbons (Fsp3) is 0.214. The highest BCUT2D eigenvalue weighted by molar-refractivity contribution is 7.15. The molecule has 0 fully saturated rings. The first-order chi connectivity index (χ1) is 9.22. The normalized spacial score (nSPS) is 11.5. The molecule has 0 amide bonds. The van der Waals surface area contributed by atoms with Gasteiger partial charge >= 0.3 is 0 Å². The Kier molecular flexibility index (Phi) is 3.23. The average Bonchev–Trinajstić information content (AvgIpc) is 2.92. The van der Waals surface area contributed by atoms with Crippen LogP contribution in [-0.4, -0.2) is 21.3 Å². The molecule has 5 heteroatoms. The third kappa shape index (κ3) is 2.62. The monoisotopic (exact) mass is 272 g/mol. The summed E-state index contributed by atoms with van der Waals surface area (Å²) in [4.78, 5) is 7.85. The number of imidazole rings is 1. The van der Waals surface area contributed by atoms with Crippen LogP contribution in [0.3, 0.4) is 0 Å². The van der Waals surface area contributed by atoms with Crippen molar-refractivity contribution in [1.29, 1.82) is 0 Å². The van der Waals surface area contributed by atoms with Crippen molar-refractivity contribution in [3.05, 3.63) is 53.3 Å². The van der Waals surface area contributed by atoms with Crippen LogP contribution < -0.4 is 5.73 Å². The van der Waals surface area contributed by atoms with Crippen molar-refractivity contribution in [2.24, 2.45) is 0 Å². The van der Waals surface area contributed by atoms with Gasteiger partial charge in [0, 0.05) is 36.6 Å². The molecule has 0 unspecified atom stereocenters. The van der Waals surface area contributed by atoms with Crippen molar-refractivity contribution < 1.29 is 0 Å². The second-order valence-electron chi connectivity index (χ2n) is 4.70. The number of thiazole rings is 1. The van der Waals surface area contributed by atoms with Crippen LogP contribution in [0.5, 0.6) is 0 Å². The number of fused-ring (bicyclic) bond motifs is 1. The number of rotatable bonds is 4. The molecule has 2 N–H and O–H groups in total. The van der Waals surface area contributed by atoms with E-state index in [1.807, 2.05) is 29.8 Å². The van der Waals surface area contributed by atoms with Crippen molar-refractivity contribution in [1.82, 2.24) is 14.3 Å². The van der Waals surface area contributed by atoms with E-state index in [2.05, 4.69) is 33.6 Å². The van der Waals surface area contributed by atoms with Gasteiger partial charge in [0.2, 0.25) is 0 Å². The topological polar surface area (TPSA) is 46.6 Å². The van der Waals surface area contributed by atoms with Crippen molar-refractivity contribution in [3.63, 3.8) is 0 Å². The molecule has 2 aromatic heterocycles. The molecule has 0 saturated heterocycles. The predicted molar refractivity (Wildman–Crippen MR) is 79.1 cm³/mol. The molecule has 0 spiro atoms. The maximum absolute atomic E-state index is 5.96. The van der Waals surface area contributed by atoms with Gasteiger partial charge in [0.1, 0.15) is 0 Å². The molecule has 0 aliphatic carbocycles. The number of hydrogen-bond acceptors (Lipinski definition) is 4. The second-order valence-corrected chi connectivity index (χ2v) is 5.57. The number of nitrogens with zero attached hydrogens (tertiary/aromatic N) is 3. The number of nitrogens with two attached hydrogens (primary N) is 1. The van der Waals surface area contributed by atoms with Crippen LogP contribution in [0.4, 0.5) is 5.69 Å². The van der Waals surface area contributed by atoms with Gasteiger partial charge in [-0.25, -0.2) is 4.98 Å². The number of hydrogen-bond donors (Lipinski definition) is 1. The van der Waals surface area contributed by atoms with Crippen LogP contribution in [0, 0.1) is 0 Å². The van der Waals surface area contributed by atoms with Crippen LogP contribution in [0.2, 0.25) is 0 Å². The van der Waals surface area contributed by atoms with Crippen molar-refractivity contribution in [3.8, 4) is 0 Å². The van der Waals surface area contributed by atoms with Crippen LogP contribution in [0.1, 0.15) is 11.3 Å². The molecule has 1 aromatic carbocycles. The third-order valence-electron chi connectivity index (χ3n) is 3.07. The maximum atomic E-state index is 5.96. The SMILES string of the molecule is CN(Cc1cn2ccsc2n1)Cc1ccccc1N. The van der Waals surface area contributed by atoms with Gasteiger partial charge in [0.25, 0.3) is 0 Å². The lowest BCUT2D eigenvalue weighted by Crippen LogP contribution is -2.18. The van der Waals surface area contributed by atoms with Crippen molar-refractivity contribution >= 4 is 22.0 Å². The Labute approximate surface area is 116 Å². The quantitative estimate of drug-likeness (QED) is 0.743. The molecule has 3 aromatic rings. The summed E-state index contributed by atoms with van der Waals surface area (Å²) in [5.41, 5.74) is 9.05. The van der Waals surface area contributed by atoms with E-state index >= 15 is 0 Å². The van der Waals surface area contributed by atoms with Gasteiger partial charge < -0.3 is 5.73 Å². The standard InChI is InChI=1S/C14H16N4S/c1-17(8-11-4-2-3-5-13(11)15)9-12-10-18-6-7-19-14(18)16-12/h2-7,10H,8-9,15H2,1H3. The highest BCUT2D eigenvalue weighted by Gasteiger charge is 2.07. The number of anilines is 1. The van der Waals surface area contributed by atoms with E-state index in [1.54, 1.807) is 11.3 Å². The van der Waals surface area contributed by atoms with Crippen LogP contribution in [0.25, 0.3) is 4.96 Å². The van der Waals surface area contributed by atoms with E-state index in [4.69, 9.17) is 5.73 Å². The molecular formula is C14H16N4S. The predicted octanol–water partition coefficient (Wildman–Crippen LogP) is 2.61. The molecule has 98 valence electrons. The molecular weight excluding hydrogens is 256 g/mol. The van der Waals surface area contributed by atoms with Crippen LogP contribution >= 0.6 is 11.3 Å². The van der Waals surface area contributed by atoms with Crippen LogP contribution in [0.15, 0.2) is 42.0 Å². The van der Waals surface area contributed by atoms with E-state index < -0.39 is 0 Å². The minimum atomic E-state index is 0.822. The smallest absolute Gasteiger partial charge is 0.193 e. The summed E-state index contributed by atoms with van der Waals surface area (Å²) in [6.45, 7) is 1.65. The molecule has 3 rings (SSSR count). The molecule has 2 heterocycles. The summed E-state index contributed by atoms with van der Waals surface area (Å²) in [6, 6.07) is 7.99. The van der Waals surface area contributed by atoms with Gasteiger partial charge in [0.05, 0.1) is 5.69 Å². The van der Waals surface area contributed by atoms with E-state index in [-0.39, 0.29) is 0 Å². The molecule has 0 saturated carbocycles. The zero-order chi connectivity index (χ0) is 13.2. The Morgan fingerprint density at radius 2 is 2.16 bits per heavy atom. The molecule has 0 atom stereocenters. The van der Waals surface area contributed by atoms with E-state index in [9.17, 15) is 0 Å². The largest absolute Gasteiger partial charge is 0.398 e. The Balaban J connectivity index is 1.70. The van der Waals surface area contributed by atoms with E-state index in [0.29, 0.717) is 0 Å². The lowest BCUT2D eigenvalue weighted by molar-refractivity contribution is 0.316. The van der Waals surface area contributed by atoms with Crippen molar-refractivity contribution in [2.45, 2.75) is 13.1 Å². The molecule has 0 aliphatic heterocycles. The fourth-order valence-electron chi connectivity index (χ4n) is 2.15. The minimum Gasteiger partial charge on any atom is -0.398 e. The molecule has 4 nitrogen and oxygen atoms in total. The van der Waals surface area contributed by atoms with Gasteiger partial charge in [-0.2, -0.15) is 0 Å². The molecule has 0 bridgehead atoms. The average molecular weight is 272 g/mol. The van der Waals surface area contributed by atoms with Gasteiger partial charge in [-0.1, -0.05) is 18.2 Å². The van der Waals surface area contributed by atoms with E-state index in [0.717, 1.165) is 35.0 Å². The van der Waals surface area contributed by atoms with Crippen LogP contribution in [-0.2, 0) is 13.1 Å². The van der Waals surface area contributed by atoms with Gasteiger partial charge in [-0.3, -0.25) is 9.30 Å². The highest BCUT2D eigenvalue weighted by Crippen LogP contribution is 2.16. The molecule has 0 radical (unpaired) electrons. The first kappa shape index (κ1) is 12.2. The Hall–Kier alpha value is -1.85. The Morgan fingerprint density at radius 1 is 1.32 bits per heavy atom. The summed E-state index contributed by atoms with van der Waals surface area (Å²) in [6.07, 6.45) is 4.11. The molecule has 0 aliphatic rings. The lowest BCUT2D eigenvalue weighted by Gasteiger charge is -2.16. The molecule has 19 heavy (non-hydrogen) atoms. The van der Waals surface area contributed by atoms with Gasteiger partial charge in [-0.15, -0.1) is 11.3 Å². The van der Waals surface area contributed by atoms with Crippen molar-refractivity contribution in [2.75, 3.05) is 12.8 Å². The zero-order valence-corrected chi connectivity index (χ0v) is 11.6. The number of nitrogen functional groups attached to an aromatic ring is 1. The lowest BCUT2D eigenvalue weighted by atomic mass is 10.1. The fourth-order valence-corrected chi connectivity index (χ4v) is 2.87. The van der Waals surface area contributed by atoms with Gasteiger partial charge in [-0.05, 0) is 18.7 Å². The number of benzene rings is 1. The first-order valence-electron chi connectivity index (χ1n) is 6.15. The third-order valence-corrected chi connectivity index (χ3v) is 3.84.